The molecule has 9 heavy (non-hydrogen) atoms. The first-order valence-electron chi connectivity index (χ1n) is 2.91. The van der Waals surface area contributed by atoms with Gasteiger partial charge in [-0.05, 0) is 13.8 Å². The summed E-state index contributed by atoms with van der Waals surface area (Å²) in [4.78, 5) is 0. The van der Waals surface area contributed by atoms with Crippen LogP contribution in [0.4, 0.5) is 0 Å². The van der Waals surface area contributed by atoms with E-state index in [2.05, 4.69) is 0 Å². The molecule has 1 unspecified atom stereocenters. The van der Waals surface area contributed by atoms with Gasteiger partial charge in [0.2, 0.25) is 0 Å². The lowest BCUT2D eigenvalue weighted by atomic mass is 9.94. The molecule has 0 radical (unpaired) electrons. The zero-order valence-electron chi connectivity index (χ0n) is 5.76. The fourth-order valence-electron chi connectivity index (χ4n) is 0.461. The van der Waals surface area contributed by atoms with Gasteiger partial charge in [-0.25, -0.2) is 0 Å². The second-order valence-corrected chi connectivity index (χ2v) is 3.00. The average Bonchev–Trinajstić information content (AvgIpc) is 1.65. The minimum Gasteiger partial charge on any atom is -0.396 e. The molecule has 0 rings (SSSR count). The molecule has 0 spiro atoms. The number of rotatable bonds is 3. The molecule has 0 aliphatic carbocycles. The second-order valence-electron chi connectivity index (χ2n) is 2.69. The van der Waals surface area contributed by atoms with E-state index in [1.807, 2.05) is 0 Å². The van der Waals surface area contributed by atoms with Gasteiger partial charge < -0.3 is 10.2 Å². The molecule has 0 saturated heterocycles. The maximum atomic E-state index is 9.23. The molecule has 0 aromatic heterocycles. The maximum absolute atomic E-state index is 9.23. The van der Waals surface area contributed by atoms with E-state index < -0.39 is 5.60 Å². The first-order valence-corrected chi connectivity index (χ1v) is 3.45. The summed E-state index contributed by atoms with van der Waals surface area (Å²) in [5.41, 5.74) is -0.865. The predicted molar refractivity (Wildman–Crippen MR) is 37.6 cm³/mol. The molecule has 0 aromatic rings. The van der Waals surface area contributed by atoms with Gasteiger partial charge in [-0.3, -0.25) is 0 Å². The van der Waals surface area contributed by atoms with Crippen LogP contribution >= 0.6 is 11.6 Å². The Balaban J connectivity index is 3.79. The summed E-state index contributed by atoms with van der Waals surface area (Å²) in [7, 11) is 0. The van der Waals surface area contributed by atoms with Crippen molar-refractivity contribution in [3.05, 3.63) is 0 Å². The van der Waals surface area contributed by atoms with Crippen molar-refractivity contribution in [2.75, 3.05) is 12.5 Å². The first-order chi connectivity index (χ1) is 4.02. The summed E-state index contributed by atoms with van der Waals surface area (Å²) in [6.07, 6.45) is 0. The number of aliphatic hydroxyl groups is 2. The molecule has 2 nitrogen and oxygen atoms in total. The van der Waals surface area contributed by atoms with Gasteiger partial charge in [0.15, 0.2) is 0 Å². The van der Waals surface area contributed by atoms with Crippen molar-refractivity contribution in [2.45, 2.75) is 19.4 Å². The molecule has 0 aromatic carbocycles. The van der Waals surface area contributed by atoms with Crippen molar-refractivity contribution >= 4 is 11.6 Å². The van der Waals surface area contributed by atoms with Crippen LogP contribution in [0.2, 0.25) is 0 Å². The van der Waals surface area contributed by atoms with E-state index in [1.54, 1.807) is 13.8 Å². The average molecular weight is 153 g/mol. The molecule has 0 aliphatic rings. The quantitative estimate of drug-likeness (QED) is 0.582. The van der Waals surface area contributed by atoms with Gasteiger partial charge in [0.1, 0.15) is 0 Å². The Morgan fingerprint density at radius 1 is 1.56 bits per heavy atom. The van der Waals surface area contributed by atoms with Crippen LogP contribution in [-0.2, 0) is 0 Å². The minimum absolute atomic E-state index is 0.0625. The van der Waals surface area contributed by atoms with Crippen LogP contribution in [0.5, 0.6) is 0 Å². The van der Waals surface area contributed by atoms with Gasteiger partial charge in [-0.1, -0.05) is 0 Å². The Kier molecular flexibility index (Phi) is 3.48. The van der Waals surface area contributed by atoms with E-state index in [9.17, 15) is 5.11 Å². The molecule has 56 valence electrons. The Morgan fingerprint density at radius 2 is 2.00 bits per heavy atom. The first kappa shape index (κ1) is 9.21. The van der Waals surface area contributed by atoms with Crippen LogP contribution in [0, 0.1) is 5.92 Å². The van der Waals surface area contributed by atoms with Gasteiger partial charge in [0.25, 0.3) is 0 Å². The summed E-state index contributed by atoms with van der Waals surface area (Å²) in [6, 6.07) is 0. The highest BCUT2D eigenvalue weighted by Crippen LogP contribution is 2.16. The standard InChI is InChI=1S/C6H13ClO2/c1-6(2,9)5(3-7)4-8/h5,8-9H,3-4H2,1-2H3. The fraction of sp³-hybridized carbons (Fsp3) is 1.00. The SMILES string of the molecule is CC(C)(O)C(CO)CCl. The molecule has 3 heteroatoms. The van der Waals surface area contributed by atoms with Crippen molar-refractivity contribution in [3.8, 4) is 0 Å². The summed E-state index contributed by atoms with van der Waals surface area (Å²) in [5, 5.41) is 17.9. The van der Waals surface area contributed by atoms with Crippen molar-refractivity contribution in [2.24, 2.45) is 5.92 Å². The van der Waals surface area contributed by atoms with Crippen molar-refractivity contribution in [1.82, 2.24) is 0 Å². The molecule has 0 bridgehead atoms. The number of aliphatic hydroxyl groups excluding tert-OH is 1. The van der Waals surface area contributed by atoms with Crippen LogP contribution < -0.4 is 0 Å². The summed E-state index contributed by atoms with van der Waals surface area (Å²) >= 11 is 5.43. The Morgan fingerprint density at radius 3 is 2.00 bits per heavy atom. The van der Waals surface area contributed by atoms with Gasteiger partial charge >= 0.3 is 0 Å². The van der Waals surface area contributed by atoms with E-state index >= 15 is 0 Å². The number of halogens is 1. The van der Waals surface area contributed by atoms with Crippen LogP contribution in [-0.4, -0.2) is 28.3 Å². The molecule has 0 fully saturated rings. The summed E-state index contributed by atoms with van der Waals surface area (Å²) in [6.45, 7) is 3.21. The molecular formula is C6H13ClO2. The fourth-order valence-corrected chi connectivity index (χ4v) is 0.936. The zero-order valence-corrected chi connectivity index (χ0v) is 6.52. The molecule has 1 atom stereocenters. The third-order valence-corrected chi connectivity index (χ3v) is 1.78. The Labute approximate surface area is 60.5 Å². The number of alkyl halides is 1. The number of hydrogen-bond acceptors (Lipinski definition) is 2. The van der Waals surface area contributed by atoms with Crippen molar-refractivity contribution in [1.29, 1.82) is 0 Å². The lowest BCUT2D eigenvalue weighted by Crippen LogP contribution is -2.34. The van der Waals surface area contributed by atoms with Crippen molar-refractivity contribution < 1.29 is 10.2 Å². The second kappa shape index (κ2) is 3.40. The molecular weight excluding hydrogens is 140 g/mol. The topological polar surface area (TPSA) is 40.5 Å². The molecule has 0 amide bonds. The Bertz CT molecular complexity index is 73.6. The smallest absolute Gasteiger partial charge is 0.0653 e. The van der Waals surface area contributed by atoms with Crippen molar-refractivity contribution in [3.63, 3.8) is 0 Å². The third kappa shape index (κ3) is 3.04. The molecule has 2 N–H and O–H groups in total. The largest absolute Gasteiger partial charge is 0.396 e. The summed E-state index contributed by atoms with van der Waals surface area (Å²) in [5.74, 6) is 0.0687. The highest BCUT2D eigenvalue weighted by Gasteiger charge is 2.24. The van der Waals surface area contributed by atoms with E-state index in [1.165, 1.54) is 0 Å². The number of hydrogen-bond donors (Lipinski definition) is 2. The molecule has 0 saturated carbocycles. The normalized spacial score (nSPS) is 15.7. The van der Waals surface area contributed by atoms with E-state index in [0.29, 0.717) is 5.88 Å². The van der Waals surface area contributed by atoms with Gasteiger partial charge in [-0.15, -0.1) is 11.6 Å². The maximum Gasteiger partial charge on any atom is 0.0653 e. The zero-order chi connectivity index (χ0) is 7.49. The predicted octanol–water partition coefficient (Wildman–Crippen LogP) is 0.605. The third-order valence-electron chi connectivity index (χ3n) is 1.41. The van der Waals surface area contributed by atoms with E-state index in [-0.39, 0.29) is 12.5 Å². The van der Waals surface area contributed by atoms with Crippen LogP contribution in [0.1, 0.15) is 13.8 Å². The highest BCUT2D eigenvalue weighted by atomic mass is 35.5. The molecule has 0 heterocycles. The monoisotopic (exact) mass is 152 g/mol. The van der Waals surface area contributed by atoms with Crippen LogP contribution in [0.15, 0.2) is 0 Å². The lowest BCUT2D eigenvalue weighted by Gasteiger charge is -2.25. The van der Waals surface area contributed by atoms with Gasteiger partial charge in [0, 0.05) is 18.4 Å². The lowest BCUT2D eigenvalue weighted by molar-refractivity contribution is 0.00190. The van der Waals surface area contributed by atoms with E-state index in [0.717, 1.165) is 0 Å². The highest BCUT2D eigenvalue weighted by molar-refractivity contribution is 6.18. The van der Waals surface area contributed by atoms with Crippen LogP contribution in [0.25, 0.3) is 0 Å². The Hall–Kier alpha value is 0.210. The van der Waals surface area contributed by atoms with E-state index in [4.69, 9.17) is 16.7 Å². The minimum atomic E-state index is -0.865. The molecule has 0 aliphatic heterocycles. The van der Waals surface area contributed by atoms with Crippen LogP contribution in [0.3, 0.4) is 0 Å². The van der Waals surface area contributed by atoms with Gasteiger partial charge in [0.05, 0.1) is 5.60 Å². The summed E-state index contributed by atoms with van der Waals surface area (Å²) < 4.78 is 0. The van der Waals surface area contributed by atoms with Gasteiger partial charge in [-0.2, -0.15) is 0 Å².